The summed E-state index contributed by atoms with van der Waals surface area (Å²) in [6.45, 7) is 8.68. The maximum Gasteiger partial charge on any atom is 0.306 e. The van der Waals surface area contributed by atoms with E-state index < -0.39 is 109 Å². The smallest absolute Gasteiger partial charge is 0.306 e. The van der Waals surface area contributed by atoms with Crippen LogP contribution in [0.15, 0.2) is 24.3 Å². The van der Waals surface area contributed by atoms with E-state index in [-0.39, 0.29) is 70.6 Å². The summed E-state index contributed by atoms with van der Waals surface area (Å²) in [6, 6.07) is 5.77. The number of phenolic OH excluding ortho intramolecular Hbond substituents is 2. The van der Waals surface area contributed by atoms with Gasteiger partial charge >= 0.3 is 5.97 Å². The molecule has 0 saturated carbocycles. The van der Waals surface area contributed by atoms with Crippen molar-refractivity contribution >= 4 is 23.3 Å². The van der Waals surface area contributed by atoms with Gasteiger partial charge in [0, 0.05) is 48.8 Å². The molecule has 59 heavy (non-hydrogen) atoms. The first-order chi connectivity index (χ1) is 28.0. The van der Waals surface area contributed by atoms with E-state index in [1.54, 1.807) is 27.7 Å². The van der Waals surface area contributed by atoms with Crippen LogP contribution in [-0.4, -0.2) is 123 Å². The highest BCUT2D eigenvalue weighted by Crippen LogP contribution is 2.46. The van der Waals surface area contributed by atoms with Gasteiger partial charge in [-0.1, -0.05) is 12.1 Å². The molecular weight excluding hydrogens is 772 g/mol. The number of ether oxygens (including phenoxy) is 8. The monoisotopic (exact) mass is 824 g/mol. The molecule has 320 valence electrons. The number of hydrogen-bond acceptors (Lipinski definition) is 15. The number of benzene rings is 2. The average Bonchev–Trinajstić information content (AvgIpc) is 3.16. The fourth-order valence-electron chi connectivity index (χ4n) is 9.38. The normalized spacial score (nSPS) is 36.8. The van der Waals surface area contributed by atoms with Crippen molar-refractivity contribution in [3.8, 4) is 11.5 Å². The summed E-state index contributed by atoms with van der Waals surface area (Å²) in [5, 5.41) is 43.1. The molecule has 0 aromatic heterocycles. The van der Waals surface area contributed by atoms with E-state index in [1.165, 1.54) is 24.3 Å². The van der Waals surface area contributed by atoms with Crippen LogP contribution in [0.5, 0.6) is 11.5 Å². The van der Waals surface area contributed by atoms with Crippen LogP contribution >= 0.6 is 0 Å². The van der Waals surface area contributed by atoms with E-state index in [1.807, 2.05) is 6.92 Å². The van der Waals surface area contributed by atoms with E-state index >= 15 is 0 Å². The fraction of sp³-hybridized carbons (Fsp3) is 0.628. The van der Waals surface area contributed by atoms with Gasteiger partial charge in [-0.05, 0) is 65.2 Å². The third-order valence-electron chi connectivity index (χ3n) is 12.6. The van der Waals surface area contributed by atoms with Crippen LogP contribution in [0.3, 0.4) is 0 Å². The zero-order valence-corrected chi connectivity index (χ0v) is 33.7. The second-order valence-corrected chi connectivity index (χ2v) is 17.0. The van der Waals surface area contributed by atoms with E-state index in [2.05, 4.69) is 0 Å². The second-order valence-electron chi connectivity index (χ2n) is 17.0. The molecule has 0 unspecified atom stereocenters. The Bertz CT molecular complexity index is 2000. The average molecular weight is 825 g/mol. The summed E-state index contributed by atoms with van der Waals surface area (Å²) in [5.41, 5.74) is -1.68. The number of phenols is 2. The highest BCUT2D eigenvalue weighted by Gasteiger charge is 2.51. The van der Waals surface area contributed by atoms with Crippen molar-refractivity contribution in [1.29, 1.82) is 0 Å². The van der Waals surface area contributed by atoms with Gasteiger partial charge in [-0.2, -0.15) is 0 Å². The Morgan fingerprint density at radius 2 is 1.46 bits per heavy atom. The molecule has 6 aliphatic rings. The van der Waals surface area contributed by atoms with Gasteiger partial charge in [-0.3, -0.25) is 19.2 Å². The first kappa shape index (κ1) is 41.9. The van der Waals surface area contributed by atoms with Crippen molar-refractivity contribution in [1.82, 2.24) is 0 Å². The van der Waals surface area contributed by atoms with Gasteiger partial charge in [0.25, 0.3) is 0 Å². The summed E-state index contributed by atoms with van der Waals surface area (Å²) >= 11 is 0. The van der Waals surface area contributed by atoms with Crippen molar-refractivity contribution in [2.45, 2.75) is 171 Å². The van der Waals surface area contributed by atoms with Crippen LogP contribution in [0.2, 0.25) is 0 Å². The van der Waals surface area contributed by atoms with Crippen LogP contribution < -0.4 is 0 Å². The zero-order chi connectivity index (χ0) is 42.1. The zero-order valence-electron chi connectivity index (χ0n) is 33.7. The Labute approximate surface area is 340 Å². The number of aromatic hydroxyl groups is 2. The van der Waals surface area contributed by atoms with Crippen LogP contribution in [-0.2, 0) is 53.9 Å². The van der Waals surface area contributed by atoms with Gasteiger partial charge in [0.15, 0.2) is 36.2 Å². The van der Waals surface area contributed by atoms with E-state index in [4.69, 9.17) is 37.9 Å². The van der Waals surface area contributed by atoms with Crippen LogP contribution in [0, 0.1) is 0 Å². The van der Waals surface area contributed by atoms with E-state index in [0.29, 0.717) is 25.7 Å². The predicted octanol–water partition coefficient (Wildman–Crippen LogP) is 4.17. The molecule has 2 aromatic rings. The number of aliphatic hydroxyl groups is 1. The SMILES string of the molecule is C[C@@H]1O[C@H]2O[C@H]3[C@H](C[C@H](c4ccc5c(c4O)C(=O)c4ccc(C[C@@](C)(CC(=O)O)O[C@H]6CC[C@H](O[C@H]7CC[C@H](O)[C@H](C)O7)[C@H](C)O6)c(O)c4C5=O)O[C@@H]3C)O[C@@H]2CC1=O. The van der Waals surface area contributed by atoms with Crippen LogP contribution in [0.25, 0.3) is 0 Å². The van der Waals surface area contributed by atoms with Gasteiger partial charge in [0.05, 0.1) is 65.9 Å². The van der Waals surface area contributed by atoms with Crippen LogP contribution in [0.1, 0.15) is 129 Å². The minimum absolute atomic E-state index is 0.0885. The van der Waals surface area contributed by atoms with Crippen molar-refractivity contribution in [3.63, 3.8) is 0 Å². The molecule has 2 aromatic carbocycles. The number of ketones is 3. The number of fused-ring (bicyclic) bond motifs is 4. The molecule has 5 saturated heterocycles. The number of carbonyl (C=O) groups excluding carboxylic acids is 3. The van der Waals surface area contributed by atoms with Crippen molar-refractivity contribution in [2.75, 3.05) is 0 Å². The Balaban J connectivity index is 0.973. The number of Topliss-reactive ketones (excluding diaryl/α,β-unsaturated/α-hetero) is 1. The van der Waals surface area contributed by atoms with Crippen molar-refractivity contribution < 1.29 is 77.5 Å². The molecule has 0 amide bonds. The molecule has 1 aliphatic carbocycles. The number of rotatable bonds is 9. The van der Waals surface area contributed by atoms with Crippen molar-refractivity contribution in [3.05, 3.63) is 57.6 Å². The number of carbonyl (C=O) groups is 4. The third kappa shape index (κ3) is 8.07. The molecule has 0 radical (unpaired) electrons. The minimum Gasteiger partial charge on any atom is -0.507 e. The largest absolute Gasteiger partial charge is 0.507 e. The minimum atomic E-state index is -1.41. The molecular formula is C43H52O16. The lowest BCUT2D eigenvalue weighted by molar-refractivity contribution is -0.347. The Morgan fingerprint density at radius 1 is 0.780 bits per heavy atom. The van der Waals surface area contributed by atoms with E-state index in [0.717, 1.165) is 0 Å². The molecule has 4 N–H and O–H groups in total. The number of hydrogen-bond donors (Lipinski definition) is 4. The first-order valence-electron chi connectivity index (χ1n) is 20.5. The lowest BCUT2D eigenvalue weighted by Crippen LogP contribution is -2.60. The van der Waals surface area contributed by atoms with Gasteiger partial charge in [-0.15, -0.1) is 0 Å². The highest BCUT2D eigenvalue weighted by atomic mass is 16.7. The number of carboxylic acids is 1. The number of aliphatic hydroxyl groups excluding tert-OH is 1. The lowest BCUT2D eigenvalue weighted by Gasteiger charge is -2.49. The molecule has 5 aliphatic heterocycles. The summed E-state index contributed by atoms with van der Waals surface area (Å²) in [4.78, 5) is 52.6. The quantitative estimate of drug-likeness (QED) is 0.238. The second kappa shape index (κ2) is 16.2. The molecule has 0 bridgehead atoms. The molecule has 0 spiro atoms. The topological polar surface area (TPSA) is 223 Å². The molecule has 5 fully saturated rings. The van der Waals surface area contributed by atoms with Gasteiger partial charge in [-0.25, -0.2) is 0 Å². The summed E-state index contributed by atoms with van der Waals surface area (Å²) in [5.74, 6) is -3.53. The summed E-state index contributed by atoms with van der Waals surface area (Å²) in [6.07, 6.45) is -5.34. The van der Waals surface area contributed by atoms with E-state index in [9.17, 15) is 39.6 Å². The lowest BCUT2D eigenvalue weighted by atomic mass is 9.79. The number of carboxylic acid groups (broad SMARTS) is 1. The third-order valence-corrected chi connectivity index (χ3v) is 12.6. The summed E-state index contributed by atoms with van der Waals surface area (Å²) in [7, 11) is 0. The molecule has 16 heteroatoms. The maximum absolute atomic E-state index is 14.1. The molecule has 5 heterocycles. The fourth-order valence-corrected chi connectivity index (χ4v) is 9.38. The van der Waals surface area contributed by atoms with Crippen LogP contribution in [0.4, 0.5) is 0 Å². The molecule has 8 rings (SSSR count). The summed E-state index contributed by atoms with van der Waals surface area (Å²) < 4.78 is 48.9. The molecule has 14 atom stereocenters. The van der Waals surface area contributed by atoms with Gasteiger partial charge in [0.2, 0.25) is 0 Å². The molecule has 16 nitrogen and oxygen atoms in total. The predicted molar refractivity (Wildman–Crippen MR) is 202 cm³/mol. The first-order valence-corrected chi connectivity index (χ1v) is 20.5. The highest BCUT2D eigenvalue weighted by molar-refractivity contribution is 6.30. The Morgan fingerprint density at radius 3 is 2.15 bits per heavy atom. The number of aliphatic carboxylic acids is 1. The van der Waals surface area contributed by atoms with Crippen molar-refractivity contribution in [2.24, 2.45) is 0 Å². The van der Waals surface area contributed by atoms with Gasteiger partial charge in [0.1, 0.15) is 29.8 Å². The maximum atomic E-state index is 14.1. The van der Waals surface area contributed by atoms with Gasteiger partial charge < -0.3 is 58.3 Å². The standard InChI is InChI=1S/C43H52O16/c1-18-26(44)10-12-33(53-18)57-28-11-13-34(54-20(28)3)59-43(5,17-32(46)47)16-22-6-7-24-35(37(22)48)39(50)25-9-8-23(38(49)36(25)40(24)51)29-15-30-41(21(4)52-29)58-42-31(56-30)14-27(45)19(2)55-42/h6-9,18-21,26,28-31,33-34,41-42,44,48-49H,10-17H2,1-5H3,(H,46,47)/t18-,19-,20-,21+,26-,28-,29+,30-,31+,33-,34-,41+,42-,43-/m0/s1. The Hall–Kier alpha value is -3.84. The Kier molecular flexibility index (Phi) is 11.5.